The van der Waals surface area contributed by atoms with Crippen molar-refractivity contribution in [1.82, 2.24) is 4.72 Å². The second kappa shape index (κ2) is 7.02. The molecule has 0 aliphatic carbocycles. The molecule has 0 aromatic heterocycles. The third-order valence-corrected chi connectivity index (χ3v) is 4.98. The van der Waals surface area contributed by atoms with Crippen LogP contribution in [0.3, 0.4) is 0 Å². The summed E-state index contributed by atoms with van der Waals surface area (Å²) in [6.07, 6.45) is 0.534. The highest BCUT2D eigenvalue weighted by Gasteiger charge is 2.22. The molecule has 2 N–H and O–H groups in total. The highest BCUT2D eigenvalue weighted by atomic mass is 32.2. The minimum absolute atomic E-state index is 0.00386. The number of aromatic carboxylic acids is 1. The average Bonchev–Trinajstić information content (AvgIpc) is 2.38. The van der Waals surface area contributed by atoms with Gasteiger partial charge in [0.25, 0.3) is 0 Å². The Morgan fingerprint density at radius 1 is 1.38 bits per heavy atom. The summed E-state index contributed by atoms with van der Waals surface area (Å²) >= 11 is 0. The third-order valence-electron chi connectivity index (χ3n) is 3.27. The van der Waals surface area contributed by atoms with Crippen LogP contribution in [-0.4, -0.2) is 39.3 Å². The number of aryl methyl sites for hydroxylation is 1. The van der Waals surface area contributed by atoms with E-state index in [1.54, 1.807) is 27.9 Å². The van der Waals surface area contributed by atoms with Gasteiger partial charge in [0.05, 0.1) is 10.5 Å². The number of benzene rings is 1. The molecule has 0 amide bonds. The summed E-state index contributed by atoms with van der Waals surface area (Å²) in [4.78, 5) is 11.1. The quantitative estimate of drug-likeness (QED) is 0.799. The van der Waals surface area contributed by atoms with Gasteiger partial charge in [-0.1, -0.05) is 0 Å². The van der Waals surface area contributed by atoms with Crippen LogP contribution in [-0.2, 0) is 14.8 Å². The van der Waals surface area contributed by atoms with E-state index in [-0.39, 0.29) is 16.5 Å². The monoisotopic (exact) mass is 315 g/mol. The van der Waals surface area contributed by atoms with Crippen molar-refractivity contribution in [3.8, 4) is 0 Å². The van der Waals surface area contributed by atoms with Crippen LogP contribution in [0.4, 0.5) is 0 Å². The fourth-order valence-electron chi connectivity index (χ4n) is 1.91. The molecule has 0 saturated heterocycles. The predicted molar refractivity (Wildman–Crippen MR) is 79.2 cm³/mol. The second-order valence-corrected chi connectivity index (χ2v) is 6.71. The first-order valence-corrected chi connectivity index (χ1v) is 8.03. The molecule has 1 aromatic rings. The molecule has 7 heteroatoms. The molecule has 1 unspecified atom stereocenters. The van der Waals surface area contributed by atoms with Gasteiger partial charge in [-0.05, 0) is 50.5 Å². The number of ether oxygens (including phenoxy) is 1. The molecule has 21 heavy (non-hydrogen) atoms. The van der Waals surface area contributed by atoms with E-state index in [1.165, 1.54) is 12.1 Å². The lowest BCUT2D eigenvalue weighted by Crippen LogP contribution is -2.34. The van der Waals surface area contributed by atoms with E-state index in [4.69, 9.17) is 9.84 Å². The SMILES string of the molecule is COCCC(C)NS(=O)(=O)c1cc(C(=O)O)cc(C)c1C. The van der Waals surface area contributed by atoms with E-state index < -0.39 is 16.0 Å². The first kappa shape index (κ1) is 17.6. The smallest absolute Gasteiger partial charge is 0.335 e. The Balaban J connectivity index is 3.16. The summed E-state index contributed by atoms with van der Waals surface area (Å²) in [5.41, 5.74) is 1.13. The number of hydrogen-bond acceptors (Lipinski definition) is 4. The Labute approximate surface area is 125 Å². The van der Waals surface area contributed by atoms with Crippen molar-refractivity contribution in [3.63, 3.8) is 0 Å². The molecular weight excluding hydrogens is 294 g/mol. The summed E-state index contributed by atoms with van der Waals surface area (Å²) in [5.74, 6) is -1.15. The summed E-state index contributed by atoms with van der Waals surface area (Å²) in [6, 6.07) is 2.35. The van der Waals surface area contributed by atoms with E-state index in [9.17, 15) is 13.2 Å². The summed E-state index contributed by atoms with van der Waals surface area (Å²) in [5, 5.41) is 9.06. The van der Waals surface area contributed by atoms with Crippen LogP contribution in [0, 0.1) is 13.8 Å². The molecule has 0 bridgehead atoms. The Bertz CT molecular complexity index is 624. The molecule has 0 fully saturated rings. The van der Waals surface area contributed by atoms with Gasteiger partial charge in [-0.25, -0.2) is 17.9 Å². The van der Waals surface area contributed by atoms with Crippen LogP contribution in [0.15, 0.2) is 17.0 Å². The average molecular weight is 315 g/mol. The summed E-state index contributed by atoms with van der Waals surface area (Å²) in [6.45, 7) is 5.53. The number of nitrogens with one attached hydrogen (secondary N) is 1. The van der Waals surface area contributed by atoms with E-state index in [0.717, 1.165) is 0 Å². The van der Waals surface area contributed by atoms with Gasteiger partial charge in [-0.15, -0.1) is 0 Å². The number of sulfonamides is 1. The van der Waals surface area contributed by atoms with Crippen molar-refractivity contribution in [2.75, 3.05) is 13.7 Å². The fraction of sp³-hybridized carbons (Fsp3) is 0.500. The maximum absolute atomic E-state index is 12.4. The summed E-state index contributed by atoms with van der Waals surface area (Å²) in [7, 11) is -2.22. The Kier molecular flexibility index (Phi) is 5.88. The zero-order valence-corrected chi connectivity index (χ0v) is 13.5. The summed E-state index contributed by atoms with van der Waals surface area (Å²) < 4.78 is 32.3. The zero-order valence-electron chi connectivity index (χ0n) is 12.6. The van der Waals surface area contributed by atoms with Gasteiger partial charge in [0.1, 0.15) is 0 Å². The zero-order chi connectivity index (χ0) is 16.2. The third kappa shape index (κ3) is 4.52. The molecule has 0 heterocycles. The van der Waals surface area contributed by atoms with Crippen molar-refractivity contribution in [2.24, 2.45) is 0 Å². The lowest BCUT2D eigenvalue weighted by atomic mass is 10.1. The van der Waals surface area contributed by atoms with Gasteiger partial charge >= 0.3 is 5.97 Å². The van der Waals surface area contributed by atoms with Crippen LogP contribution in [0.2, 0.25) is 0 Å². The van der Waals surface area contributed by atoms with Crippen LogP contribution in [0.5, 0.6) is 0 Å². The molecule has 118 valence electrons. The maximum atomic E-state index is 12.4. The molecule has 6 nitrogen and oxygen atoms in total. The molecule has 0 aliphatic rings. The van der Waals surface area contributed by atoms with Crippen LogP contribution < -0.4 is 4.72 Å². The van der Waals surface area contributed by atoms with Crippen molar-refractivity contribution >= 4 is 16.0 Å². The predicted octanol–water partition coefficient (Wildman–Crippen LogP) is 1.70. The molecule has 1 aromatic carbocycles. The molecule has 0 spiro atoms. The number of carboxylic acid groups (broad SMARTS) is 1. The fourth-order valence-corrected chi connectivity index (χ4v) is 3.53. The number of carboxylic acids is 1. The normalized spacial score (nSPS) is 13.1. The first-order valence-electron chi connectivity index (χ1n) is 6.55. The first-order chi connectivity index (χ1) is 9.69. The number of rotatable bonds is 7. The highest BCUT2D eigenvalue weighted by Crippen LogP contribution is 2.21. The van der Waals surface area contributed by atoms with E-state index in [1.807, 2.05) is 0 Å². The number of hydrogen-bond donors (Lipinski definition) is 2. The molecule has 0 saturated carbocycles. The van der Waals surface area contributed by atoms with E-state index in [2.05, 4.69) is 4.72 Å². The minimum atomic E-state index is -3.77. The van der Waals surface area contributed by atoms with Crippen molar-refractivity contribution in [2.45, 2.75) is 38.1 Å². The Morgan fingerprint density at radius 3 is 2.52 bits per heavy atom. The molecule has 1 rings (SSSR count). The van der Waals surface area contributed by atoms with Crippen molar-refractivity contribution < 1.29 is 23.1 Å². The number of carbonyl (C=O) groups is 1. The molecular formula is C14H21NO5S. The van der Waals surface area contributed by atoms with Crippen LogP contribution in [0.1, 0.15) is 34.8 Å². The van der Waals surface area contributed by atoms with Crippen molar-refractivity contribution in [3.05, 3.63) is 28.8 Å². The van der Waals surface area contributed by atoms with Crippen LogP contribution >= 0.6 is 0 Å². The lowest BCUT2D eigenvalue weighted by Gasteiger charge is -2.16. The highest BCUT2D eigenvalue weighted by molar-refractivity contribution is 7.89. The van der Waals surface area contributed by atoms with Gasteiger partial charge in [0, 0.05) is 19.8 Å². The molecule has 0 aliphatic heterocycles. The van der Waals surface area contributed by atoms with Gasteiger partial charge in [0.15, 0.2) is 0 Å². The second-order valence-electron chi connectivity index (χ2n) is 5.03. The topological polar surface area (TPSA) is 92.7 Å². The minimum Gasteiger partial charge on any atom is -0.478 e. The number of methoxy groups -OCH3 is 1. The molecule has 0 radical (unpaired) electrons. The Morgan fingerprint density at radius 2 is 2.00 bits per heavy atom. The van der Waals surface area contributed by atoms with Gasteiger partial charge in [-0.2, -0.15) is 0 Å². The van der Waals surface area contributed by atoms with Crippen LogP contribution in [0.25, 0.3) is 0 Å². The molecule has 1 atom stereocenters. The maximum Gasteiger partial charge on any atom is 0.335 e. The largest absolute Gasteiger partial charge is 0.478 e. The van der Waals surface area contributed by atoms with Gasteiger partial charge in [0.2, 0.25) is 10.0 Å². The van der Waals surface area contributed by atoms with Gasteiger partial charge in [-0.3, -0.25) is 0 Å². The van der Waals surface area contributed by atoms with E-state index in [0.29, 0.717) is 24.2 Å². The Hall–Kier alpha value is -1.44. The van der Waals surface area contributed by atoms with E-state index >= 15 is 0 Å². The van der Waals surface area contributed by atoms with Crippen molar-refractivity contribution in [1.29, 1.82) is 0 Å². The van der Waals surface area contributed by atoms with Gasteiger partial charge < -0.3 is 9.84 Å². The lowest BCUT2D eigenvalue weighted by molar-refractivity contribution is 0.0696. The standard InChI is InChI=1S/C14H21NO5S/c1-9-7-12(14(16)17)8-13(11(9)3)21(18,19)15-10(2)5-6-20-4/h7-8,10,15H,5-6H2,1-4H3,(H,16,17).